The van der Waals surface area contributed by atoms with Crippen LogP contribution in [-0.4, -0.2) is 35.9 Å². The number of amides is 2. The molecule has 1 N–H and O–H groups in total. The van der Waals surface area contributed by atoms with Crippen LogP contribution < -0.4 is 10.1 Å². The quantitative estimate of drug-likeness (QED) is 0.332. The second-order valence-corrected chi connectivity index (χ2v) is 10.3. The van der Waals surface area contributed by atoms with Crippen molar-refractivity contribution in [2.75, 3.05) is 7.11 Å². The van der Waals surface area contributed by atoms with Crippen LogP contribution in [0.2, 0.25) is 10.0 Å². The fraction of sp³-hybridized carbons (Fsp3) is 0.333. The van der Waals surface area contributed by atoms with Gasteiger partial charge in [-0.2, -0.15) is 0 Å². The Balaban J connectivity index is 1.68. The van der Waals surface area contributed by atoms with Crippen LogP contribution in [-0.2, 0) is 29.0 Å². The number of benzene rings is 3. The maximum atomic E-state index is 13.9. The van der Waals surface area contributed by atoms with Crippen molar-refractivity contribution >= 4 is 35.0 Å². The van der Waals surface area contributed by atoms with E-state index in [1.54, 1.807) is 30.2 Å². The van der Waals surface area contributed by atoms with Gasteiger partial charge in [-0.25, -0.2) is 0 Å². The average molecular weight is 540 g/mol. The van der Waals surface area contributed by atoms with Gasteiger partial charge in [0.25, 0.3) is 0 Å². The van der Waals surface area contributed by atoms with Gasteiger partial charge in [0, 0.05) is 34.6 Å². The van der Waals surface area contributed by atoms with Gasteiger partial charge in [-0.15, -0.1) is 0 Å². The number of hydrogen-bond donors (Lipinski definition) is 1. The molecular weight excluding hydrogens is 507 g/mol. The van der Waals surface area contributed by atoms with Gasteiger partial charge in [-0.3, -0.25) is 9.59 Å². The second kappa shape index (κ2) is 13.0. The number of rotatable bonds is 10. The molecule has 0 heterocycles. The smallest absolute Gasteiger partial charge is 0.243 e. The van der Waals surface area contributed by atoms with E-state index >= 15 is 0 Å². The van der Waals surface area contributed by atoms with E-state index in [2.05, 4.69) is 5.32 Å². The third-order valence-electron chi connectivity index (χ3n) is 6.88. The summed E-state index contributed by atoms with van der Waals surface area (Å²) in [4.78, 5) is 29.3. The van der Waals surface area contributed by atoms with Crippen molar-refractivity contribution in [1.82, 2.24) is 10.2 Å². The predicted octanol–water partition coefficient (Wildman–Crippen LogP) is 6.24. The highest BCUT2D eigenvalue weighted by Gasteiger charge is 2.33. The summed E-state index contributed by atoms with van der Waals surface area (Å²) in [5.41, 5.74) is 2.43. The van der Waals surface area contributed by atoms with Crippen LogP contribution in [0.15, 0.2) is 72.8 Å². The van der Waals surface area contributed by atoms with Crippen molar-refractivity contribution in [3.8, 4) is 5.75 Å². The molecule has 37 heavy (non-hydrogen) atoms. The van der Waals surface area contributed by atoms with Crippen LogP contribution in [0, 0.1) is 0 Å². The number of ether oxygens (including phenoxy) is 1. The van der Waals surface area contributed by atoms with Gasteiger partial charge >= 0.3 is 0 Å². The van der Waals surface area contributed by atoms with Gasteiger partial charge in [-0.1, -0.05) is 84.6 Å². The molecule has 0 spiro atoms. The highest BCUT2D eigenvalue weighted by molar-refractivity contribution is 6.36. The zero-order valence-electron chi connectivity index (χ0n) is 21.0. The molecule has 0 radical (unpaired) electrons. The van der Waals surface area contributed by atoms with E-state index in [0.717, 1.165) is 36.8 Å². The maximum Gasteiger partial charge on any atom is 0.243 e. The lowest BCUT2D eigenvalue weighted by molar-refractivity contribution is -0.141. The molecule has 4 rings (SSSR count). The third kappa shape index (κ3) is 7.27. The van der Waals surface area contributed by atoms with Crippen molar-refractivity contribution in [3.63, 3.8) is 0 Å². The molecule has 1 aliphatic rings. The Kier molecular flexibility index (Phi) is 9.48. The first-order valence-corrected chi connectivity index (χ1v) is 13.4. The first-order chi connectivity index (χ1) is 17.9. The van der Waals surface area contributed by atoms with Crippen LogP contribution in [0.5, 0.6) is 5.75 Å². The van der Waals surface area contributed by atoms with E-state index in [1.165, 1.54) is 0 Å². The SMILES string of the molecule is COc1ccc(CC(=O)N(Cc2c(Cl)cccc2Cl)[C@@H](Cc2ccccc2)C(=O)NC2CCCC2)cc1. The molecule has 0 unspecified atom stereocenters. The Bertz CT molecular complexity index is 1170. The number of halogens is 2. The van der Waals surface area contributed by atoms with Crippen molar-refractivity contribution in [2.24, 2.45) is 0 Å². The van der Waals surface area contributed by atoms with Crippen molar-refractivity contribution < 1.29 is 14.3 Å². The molecule has 1 atom stereocenters. The largest absolute Gasteiger partial charge is 0.497 e. The van der Waals surface area contributed by atoms with E-state index in [9.17, 15) is 9.59 Å². The topological polar surface area (TPSA) is 58.6 Å². The zero-order chi connectivity index (χ0) is 26.2. The molecular formula is C30H32Cl2N2O3. The minimum absolute atomic E-state index is 0.128. The summed E-state index contributed by atoms with van der Waals surface area (Å²) >= 11 is 13.0. The number of nitrogens with zero attached hydrogens (tertiary/aromatic N) is 1. The fourth-order valence-electron chi connectivity index (χ4n) is 4.79. The molecule has 0 aliphatic heterocycles. The highest BCUT2D eigenvalue weighted by atomic mass is 35.5. The van der Waals surface area contributed by atoms with Gasteiger partial charge in [0.15, 0.2) is 0 Å². The standard InChI is InChI=1S/C30H32Cl2N2O3/c1-37-24-16-14-22(15-17-24)19-29(35)34(20-25-26(31)12-7-13-27(25)32)28(18-21-8-3-2-4-9-21)30(36)33-23-10-5-6-11-23/h2-4,7-9,12-17,23,28H,5-6,10-11,18-20H2,1H3,(H,33,36)/t28-/m0/s1. The van der Waals surface area contributed by atoms with Crippen LogP contribution in [0.3, 0.4) is 0 Å². The molecule has 7 heteroatoms. The van der Waals surface area contributed by atoms with Gasteiger partial charge < -0.3 is 15.0 Å². The number of nitrogens with one attached hydrogen (secondary N) is 1. The summed E-state index contributed by atoms with van der Waals surface area (Å²) < 4.78 is 5.25. The van der Waals surface area contributed by atoms with Gasteiger partial charge in [-0.05, 0) is 48.2 Å². The Morgan fingerprint density at radius 3 is 2.19 bits per heavy atom. The third-order valence-corrected chi connectivity index (χ3v) is 7.59. The number of hydrogen-bond acceptors (Lipinski definition) is 3. The normalized spacial score (nSPS) is 14.2. The van der Waals surface area contributed by atoms with E-state index in [0.29, 0.717) is 27.8 Å². The summed E-state index contributed by atoms with van der Waals surface area (Å²) in [5.74, 6) is 0.388. The van der Waals surface area contributed by atoms with Crippen LogP contribution in [0.25, 0.3) is 0 Å². The van der Waals surface area contributed by atoms with Crippen LogP contribution in [0.4, 0.5) is 0 Å². The van der Waals surface area contributed by atoms with Gasteiger partial charge in [0.2, 0.25) is 11.8 Å². The lowest BCUT2D eigenvalue weighted by Crippen LogP contribution is -2.52. The number of carbonyl (C=O) groups is 2. The molecule has 0 bridgehead atoms. The zero-order valence-corrected chi connectivity index (χ0v) is 22.5. The lowest BCUT2D eigenvalue weighted by Gasteiger charge is -2.33. The van der Waals surface area contributed by atoms with Crippen molar-refractivity contribution in [1.29, 1.82) is 0 Å². The molecule has 2 amide bonds. The molecule has 0 aromatic heterocycles. The highest BCUT2D eigenvalue weighted by Crippen LogP contribution is 2.28. The first kappa shape index (κ1) is 27.0. The number of carbonyl (C=O) groups excluding carboxylic acids is 2. The predicted molar refractivity (Wildman–Crippen MR) is 148 cm³/mol. The minimum Gasteiger partial charge on any atom is -0.497 e. The second-order valence-electron chi connectivity index (χ2n) is 9.44. The van der Waals surface area contributed by atoms with Gasteiger partial charge in [0.05, 0.1) is 13.5 Å². The van der Waals surface area contributed by atoms with Crippen LogP contribution >= 0.6 is 23.2 Å². The van der Waals surface area contributed by atoms with Gasteiger partial charge in [0.1, 0.15) is 11.8 Å². The Labute approximate surface area is 228 Å². The molecule has 0 saturated heterocycles. The Morgan fingerprint density at radius 1 is 0.919 bits per heavy atom. The molecule has 5 nitrogen and oxygen atoms in total. The number of methoxy groups -OCH3 is 1. The maximum absolute atomic E-state index is 13.9. The summed E-state index contributed by atoms with van der Waals surface area (Å²) in [5, 5.41) is 4.14. The van der Waals surface area contributed by atoms with Crippen molar-refractivity contribution in [2.45, 2.75) is 57.2 Å². The van der Waals surface area contributed by atoms with E-state index in [4.69, 9.17) is 27.9 Å². The average Bonchev–Trinajstić information content (AvgIpc) is 3.41. The van der Waals surface area contributed by atoms with E-state index in [1.807, 2.05) is 54.6 Å². The first-order valence-electron chi connectivity index (χ1n) is 12.6. The summed E-state index contributed by atoms with van der Waals surface area (Å²) in [7, 11) is 1.60. The summed E-state index contributed by atoms with van der Waals surface area (Å²) in [6.45, 7) is 0.128. The fourth-order valence-corrected chi connectivity index (χ4v) is 5.31. The summed E-state index contributed by atoms with van der Waals surface area (Å²) in [6.07, 6.45) is 4.64. The Morgan fingerprint density at radius 2 is 1.57 bits per heavy atom. The molecule has 3 aromatic carbocycles. The molecule has 3 aromatic rings. The summed E-state index contributed by atoms with van der Waals surface area (Å²) in [6, 6.07) is 21.8. The van der Waals surface area contributed by atoms with Crippen molar-refractivity contribution in [3.05, 3.63) is 99.5 Å². The molecule has 194 valence electrons. The molecule has 1 saturated carbocycles. The Hall–Kier alpha value is -3.02. The van der Waals surface area contributed by atoms with E-state index < -0.39 is 6.04 Å². The van der Waals surface area contributed by atoms with E-state index in [-0.39, 0.29) is 30.8 Å². The molecule has 1 fully saturated rings. The lowest BCUT2D eigenvalue weighted by atomic mass is 10.0. The minimum atomic E-state index is -0.721. The monoisotopic (exact) mass is 538 g/mol. The molecule has 1 aliphatic carbocycles. The van der Waals surface area contributed by atoms with Crippen LogP contribution in [0.1, 0.15) is 42.4 Å².